The van der Waals surface area contributed by atoms with Gasteiger partial charge in [-0.25, -0.2) is 0 Å². The van der Waals surface area contributed by atoms with Crippen LogP contribution in [0, 0.1) is 6.92 Å². The summed E-state index contributed by atoms with van der Waals surface area (Å²) in [5.41, 5.74) is 6.76. The van der Waals surface area contributed by atoms with E-state index in [2.05, 4.69) is 9.97 Å². The highest BCUT2D eigenvalue weighted by Crippen LogP contribution is 2.22. The summed E-state index contributed by atoms with van der Waals surface area (Å²) in [4.78, 5) is 8.37. The molecule has 0 aliphatic rings. The van der Waals surface area contributed by atoms with Crippen LogP contribution in [0.15, 0.2) is 12.4 Å². The van der Waals surface area contributed by atoms with Crippen molar-refractivity contribution in [1.29, 1.82) is 0 Å². The van der Waals surface area contributed by atoms with Gasteiger partial charge in [-0.15, -0.1) is 0 Å². The van der Waals surface area contributed by atoms with Crippen LogP contribution in [0.4, 0.5) is 0 Å². The first kappa shape index (κ1) is 10.1. The summed E-state index contributed by atoms with van der Waals surface area (Å²) in [6.45, 7) is 4.20. The van der Waals surface area contributed by atoms with Gasteiger partial charge in [0.1, 0.15) is 5.60 Å². The van der Waals surface area contributed by atoms with E-state index in [-0.39, 0.29) is 0 Å². The van der Waals surface area contributed by atoms with E-state index in [1.165, 1.54) is 0 Å². The summed E-state index contributed by atoms with van der Waals surface area (Å²) in [6.07, 6.45) is 3.31. The molecule has 1 atom stereocenters. The minimum Gasteiger partial charge on any atom is -0.371 e. The van der Waals surface area contributed by atoms with Crippen LogP contribution in [0.2, 0.25) is 0 Å². The molecule has 1 aromatic rings. The summed E-state index contributed by atoms with van der Waals surface area (Å²) in [5.74, 6) is 0. The Labute approximate surface area is 78.1 Å². The van der Waals surface area contributed by atoms with Crippen LogP contribution in [-0.4, -0.2) is 23.6 Å². The number of methoxy groups -OCH3 is 1. The zero-order valence-electron chi connectivity index (χ0n) is 8.24. The molecule has 4 heteroatoms. The molecule has 72 valence electrons. The van der Waals surface area contributed by atoms with Crippen molar-refractivity contribution in [2.24, 2.45) is 5.73 Å². The highest BCUT2D eigenvalue weighted by atomic mass is 16.5. The van der Waals surface area contributed by atoms with Gasteiger partial charge in [-0.3, -0.25) is 9.97 Å². The molecule has 0 radical (unpaired) electrons. The zero-order valence-corrected chi connectivity index (χ0v) is 8.24. The van der Waals surface area contributed by atoms with Crippen molar-refractivity contribution in [3.63, 3.8) is 0 Å². The fourth-order valence-electron chi connectivity index (χ4n) is 1.20. The molecule has 0 amide bonds. The number of hydrogen-bond donors (Lipinski definition) is 1. The van der Waals surface area contributed by atoms with Gasteiger partial charge in [0.05, 0.1) is 11.4 Å². The Kier molecular flexibility index (Phi) is 2.95. The molecule has 0 aliphatic carbocycles. The Morgan fingerprint density at radius 3 is 2.54 bits per heavy atom. The Bertz CT molecular complexity index is 284. The van der Waals surface area contributed by atoms with Gasteiger partial charge in [0, 0.05) is 26.0 Å². The number of nitrogens with two attached hydrogens (primary N) is 1. The SMILES string of the molecule is COC(C)(CN)c1nccnc1C. The third kappa shape index (κ3) is 1.84. The second-order valence-corrected chi connectivity index (χ2v) is 3.13. The molecular formula is C9H15N3O. The summed E-state index contributed by atoms with van der Waals surface area (Å²) in [6, 6.07) is 0. The van der Waals surface area contributed by atoms with E-state index in [9.17, 15) is 0 Å². The normalized spacial score (nSPS) is 15.4. The third-order valence-corrected chi connectivity index (χ3v) is 2.22. The largest absolute Gasteiger partial charge is 0.371 e. The molecular weight excluding hydrogens is 166 g/mol. The molecule has 0 saturated heterocycles. The van der Waals surface area contributed by atoms with E-state index in [1.54, 1.807) is 19.5 Å². The van der Waals surface area contributed by atoms with E-state index < -0.39 is 5.60 Å². The predicted molar refractivity (Wildman–Crippen MR) is 50.2 cm³/mol. The first-order valence-corrected chi connectivity index (χ1v) is 4.17. The standard InChI is InChI=1S/C9H15N3O/c1-7-8(12-5-4-11-7)9(2,6-10)13-3/h4-5H,6,10H2,1-3H3. The zero-order chi connectivity index (χ0) is 9.90. The maximum absolute atomic E-state index is 5.63. The van der Waals surface area contributed by atoms with Crippen LogP contribution in [0.5, 0.6) is 0 Å². The molecule has 0 spiro atoms. The van der Waals surface area contributed by atoms with Crippen LogP contribution in [0.3, 0.4) is 0 Å². The summed E-state index contributed by atoms with van der Waals surface area (Å²) in [7, 11) is 1.63. The van der Waals surface area contributed by atoms with Crippen molar-refractivity contribution in [2.75, 3.05) is 13.7 Å². The minimum atomic E-state index is -0.529. The predicted octanol–water partition coefficient (Wildman–Crippen LogP) is 0.605. The molecule has 0 aromatic carbocycles. The summed E-state index contributed by atoms with van der Waals surface area (Å²) >= 11 is 0. The van der Waals surface area contributed by atoms with Crippen molar-refractivity contribution in [3.05, 3.63) is 23.8 Å². The van der Waals surface area contributed by atoms with Gasteiger partial charge < -0.3 is 10.5 Å². The number of aryl methyl sites for hydroxylation is 1. The van der Waals surface area contributed by atoms with Gasteiger partial charge in [-0.2, -0.15) is 0 Å². The van der Waals surface area contributed by atoms with Gasteiger partial charge in [-0.1, -0.05) is 0 Å². The Morgan fingerprint density at radius 2 is 2.08 bits per heavy atom. The second-order valence-electron chi connectivity index (χ2n) is 3.13. The van der Waals surface area contributed by atoms with E-state index in [1.807, 2.05) is 13.8 Å². The van der Waals surface area contributed by atoms with Gasteiger partial charge in [-0.05, 0) is 13.8 Å². The van der Waals surface area contributed by atoms with Crippen molar-refractivity contribution >= 4 is 0 Å². The monoisotopic (exact) mass is 181 g/mol. The Balaban J connectivity index is 3.12. The molecule has 2 N–H and O–H groups in total. The van der Waals surface area contributed by atoms with Gasteiger partial charge in [0.25, 0.3) is 0 Å². The lowest BCUT2D eigenvalue weighted by Gasteiger charge is -2.26. The van der Waals surface area contributed by atoms with Crippen molar-refractivity contribution in [1.82, 2.24) is 9.97 Å². The number of aromatic nitrogens is 2. The fraction of sp³-hybridized carbons (Fsp3) is 0.556. The van der Waals surface area contributed by atoms with Crippen LogP contribution >= 0.6 is 0 Å². The molecule has 0 aliphatic heterocycles. The van der Waals surface area contributed by atoms with Crippen molar-refractivity contribution in [2.45, 2.75) is 19.4 Å². The maximum atomic E-state index is 5.63. The number of ether oxygens (including phenoxy) is 1. The van der Waals surface area contributed by atoms with Crippen molar-refractivity contribution in [3.8, 4) is 0 Å². The lowest BCUT2D eigenvalue weighted by Crippen LogP contribution is -2.35. The Hall–Kier alpha value is -1.00. The Morgan fingerprint density at radius 1 is 1.46 bits per heavy atom. The van der Waals surface area contributed by atoms with E-state index in [4.69, 9.17) is 10.5 Å². The third-order valence-electron chi connectivity index (χ3n) is 2.22. The van der Waals surface area contributed by atoms with E-state index in [0.29, 0.717) is 6.54 Å². The molecule has 1 heterocycles. The maximum Gasteiger partial charge on any atom is 0.121 e. The second kappa shape index (κ2) is 3.81. The molecule has 0 fully saturated rings. The number of rotatable bonds is 3. The molecule has 0 bridgehead atoms. The minimum absolute atomic E-state index is 0.392. The fourth-order valence-corrected chi connectivity index (χ4v) is 1.20. The van der Waals surface area contributed by atoms with Crippen LogP contribution in [0.1, 0.15) is 18.3 Å². The molecule has 13 heavy (non-hydrogen) atoms. The van der Waals surface area contributed by atoms with E-state index >= 15 is 0 Å². The lowest BCUT2D eigenvalue weighted by atomic mass is 10.0. The highest BCUT2D eigenvalue weighted by Gasteiger charge is 2.27. The molecule has 1 unspecified atom stereocenters. The van der Waals surface area contributed by atoms with Crippen LogP contribution in [-0.2, 0) is 10.3 Å². The highest BCUT2D eigenvalue weighted by molar-refractivity contribution is 5.17. The average molecular weight is 181 g/mol. The van der Waals surface area contributed by atoms with Gasteiger partial charge in [0.15, 0.2) is 0 Å². The number of hydrogen-bond acceptors (Lipinski definition) is 4. The van der Waals surface area contributed by atoms with Gasteiger partial charge >= 0.3 is 0 Å². The van der Waals surface area contributed by atoms with Crippen LogP contribution in [0.25, 0.3) is 0 Å². The van der Waals surface area contributed by atoms with Gasteiger partial charge in [0.2, 0.25) is 0 Å². The van der Waals surface area contributed by atoms with E-state index in [0.717, 1.165) is 11.4 Å². The lowest BCUT2D eigenvalue weighted by molar-refractivity contribution is 0.00547. The molecule has 4 nitrogen and oxygen atoms in total. The number of nitrogens with zero attached hydrogens (tertiary/aromatic N) is 2. The first-order valence-electron chi connectivity index (χ1n) is 4.17. The average Bonchev–Trinajstić information content (AvgIpc) is 2.17. The topological polar surface area (TPSA) is 61.0 Å². The quantitative estimate of drug-likeness (QED) is 0.742. The smallest absolute Gasteiger partial charge is 0.121 e. The first-order chi connectivity index (χ1) is 6.14. The summed E-state index contributed by atoms with van der Waals surface area (Å²) in [5, 5.41) is 0. The van der Waals surface area contributed by atoms with Crippen LogP contribution < -0.4 is 5.73 Å². The molecule has 0 saturated carbocycles. The molecule has 1 aromatic heterocycles. The van der Waals surface area contributed by atoms with Crippen molar-refractivity contribution < 1.29 is 4.74 Å². The molecule has 1 rings (SSSR count). The summed E-state index contributed by atoms with van der Waals surface area (Å²) < 4.78 is 5.33.